The zero-order valence-electron chi connectivity index (χ0n) is 14.6. The molecule has 1 aromatic carbocycles. The second kappa shape index (κ2) is 5.57. The maximum Gasteiger partial charge on any atom is 0.161 e. The van der Waals surface area contributed by atoms with Crippen molar-refractivity contribution in [3.63, 3.8) is 0 Å². The van der Waals surface area contributed by atoms with Crippen LogP contribution in [0.15, 0.2) is 40.7 Å². The first-order chi connectivity index (χ1) is 11.3. The van der Waals surface area contributed by atoms with Crippen LogP contribution < -0.4 is 4.74 Å². The van der Waals surface area contributed by atoms with E-state index in [4.69, 9.17) is 9.47 Å². The van der Waals surface area contributed by atoms with Crippen LogP contribution in [0.25, 0.3) is 0 Å². The number of benzene rings is 1. The van der Waals surface area contributed by atoms with Gasteiger partial charge < -0.3 is 9.47 Å². The molecule has 0 N–H and O–H groups in total. The number of fused-ring (bicyclic) bond motifs is 4. The zero-order valence-corrected chi connectivity index (χ0v) is 17.0. The average molecular weight is 407 g/mol. The minimum Gasteiger partial charge on any atom is -0.491 e. The maximum absolute atomic E-state index is 6.17. The Kier molecular flexibility index (Phi) is 3.85. The summed E-state index contributed by atoms with van der Waals surface area (Å²) in [7, 11) is 0. The Morgan fingerprint density at radius 2 is 2.08 bits per heavy atom. The summed E-state index contributed by atoms with van der Waals surface area (Å²) >= 11 is 5.92. The van der Waals surface area contributed by atoms with Gasteiger partial charge in [-0.05, 0) is 36.5 Å². The number of rotatable bonds is 0. The van der Waals surface area contributed by atoms with Gasteiger partial charge in [0, 0.05) is 22.8 Å². The van der Waals surface area contributed by atoms with Crippen LogP contribution in [0.4, 0.5) is 0 Å². The zero-order chi connectivity index (χ0) is 17.1. The fourth-order valence-electron chi connectivity index (χ4n) is 3.66. The Bertz CT molecular complexity index is 759. The molecule has 3 aliphatic heterocycles. The van der Waals surface area contributed by atoms with Gasteiger partial charge in [-0.3, -0.25) is 0 Å². The summed E-state index contributed by atoms with van der Waals surface area (Å²) in [6.45, 7) is 9.48. The molecule has 3 heterocycles. The quantitative estimate of drug-likeness (QED) is 0.501. The van der Waals surface area contributed by atoms with E-state index in [1.54, 1.807) is 0 Å². The summed E-state index contributed by atoms with van der Waals surface area (Å²) in [5.41, 5.74) is 4.17. The Balaban J connectivity index is 1.78. The van der Waals surface area contributed by atoms with E-state index in [0.29, 0.717) is 12.5 Å². The molecular formula is C20H23BrO2S. The van der Waals surface area contributed by atoms with Crippen molar-refractivity contribution >= 4 is 27.7 Å². The lowest BCUT2D eigenvalue weighted by Crippen LogP contribution is -2.45. The van der Waals surface area contributed by atoms with Gasteiger partial charge >= 0.3 is 0 Å². The molecule has 1 aromatic rings. The molecule has 0 saturated carbocycles. The molecule has 24 heavy (non-hydrogen) atoms. The van der Waals surface area contributed by atoms with Crippen LogP contribution in [-0.2, 0) is 10.2 Å². The van der Waals surface area contributed by atoms with Crippen molar-refractivity contribution < 1.29 is 9.47 Å². The highest BCUT2D eigenvalue weighted by Gasteiger charge is 2.50. The smallest absolute Gasteiger partial charge is 0.161 e. The van der Waals surface area contributed by atoms with Gasteiger partial charge in [0.25, 0.3) is 0 Å². The molecule has 0 saturated heterocycles. The van der Waals surface area contributed by atoms with Gasteiger partial charge in [0.05, 0.1) is 10.1 Å². The van der Waals surface area contributed by atoms with Gasteiger partial charge in [0.2, 0.25) is 0 Å². The second-order valence-corrected chi connectivity index (χ2v) is 10.3. The predicted octanol–water partition coefficient (Wildman–Crippen LogP) is 5.88. The molecule has 0 spiro atoms. The molecule has 0 bridgehead atoms. The van der Waals surface area contributed by atoms with Gasteiger partial charge in [-0.15, -0.1) is 0 Å². The lowest BCUT2D eigenvalue weighted by atomic mass is 9.77. The molecule has 0 unspecified atom stereocenters. The van der Waals surface area contributed by atoms with Crippen LogP contribution in [0.2, 0.25) is 0 Å². The number of ether oxygens (including phenoxy) is 2. The van der Waals surface area contributed by atoms with Crippen molar-refractivity contribution in [2.45, 2.75) is 49.8 Å². The van der Waals surface area contributed by atoms with E-state index in [-0.39, 0.29) is 9.74 Å². The SMILES string of the molecule is CC1=CCC2=C(O1)SC[C@H]1c3cc(C(C)(C)C)ccc3OC[C@@]21Br. The summed E-state index contributed by atoms with van der Waals surface area (Å²) < 4.78 is 12.0. The molecule has 0 radical (unpaired) electrons. The van der Waals surface area contributed by atoms with E-state index >= 15 is 0 Å². The summed E-state index contributed by atoms with van der Waals surface area (Å²) in [6.07, 6.45) is 3.11. The normalized spacial score (nSPS) is 28.9. The molecule has 0 fully saturated rings. The minimum absolute atomic E-state index is 0.140. The summed E-state index contributed by atoms with van der Waals surface area (Å²) in [5, 5.41) is 1.07. The first-order valence-electron chi connectivity index (χ1n) is 8.46. The van der Waals surface area contributed by atoms with E-state index < -0.39 is 0 Å². The number of thioether (sulfide) groups is 1. The Morgan fingerprint density at radius 3 is 2.83 bits per heavy atom. The van der Waals surface area contributed by atoms with Gasteiger partial charge in [0.1, 0.15) is 12.4 Å². The van der Waals surface area contributed by atoms with Crippen molar-refractivity contribution in [2.24, 2.45) is 0 Å². The highest BCUT2D eigenvalue weighted by Crippen LogP contribution is 2.57. The van der Waals surface area contributed by atoms with E-state index in [1.165, 1.54) is 16.7 Å². The molecule has 0 amide bonds. The lowest BCUT2D eigenvalue weighted by Gasteiger charge is -2.46. The van der Waals surface area contributed by atoms with E-state index in [9.17, 15) is 0 Å². The lowest BCUT2D eigenvalue weighted by molar-refractivity contribution is 0.231. The molecule has 128 valence electrons. The van der Waals surface area contributed by atoms with Crippen LogP contribution in [-0.4, -0.2) is 16.7 Å². The predicted molar refractivity (Wildman–Crippen MR) is 104 cm³/mol. The number of hydrogen-bond donors (Lipinski definition) is 0. The Morgan fingerprint density at radius 1 is 1.29 bits per heavy atom. The molecule has 0 aliphatic carbocycles. The fourth-order valence-corrected chi connectivity index (χ4v) is 6.28. The van der Waals surface area contributed by atoms with E-state index in [2.05, 4.69) is 61.0 Å². The van der Waals surface area contributed by atoms with Crippen molar-refractivity contribution in [3.8, 4) is 5.75 Å². The molecule has 4 rings (SSSR count). The molecule has 2 atom stereocenters. The third-order valence-electron chi connectivity index (χ3n) is 5.22. The third kappa shape index (κ3) is 2.53. The largest absolute Gasteiger partial charge is 0.491 e. The standard InChI is InChI=1S/C20H23BrO2S/c1-12-5-7-15-18(23-12)24-10-16-14-9-13(19(2,3)4)6-8-17(14)22-11-20(15,16)21/h5-6,8-9,16H,7,10-11H2,1-4H3/t16-,20+/m0/s1. The van der Waals surface area contributed by atoms with Gasteiger partial charge in [0.15, 0.2) is 5.09 Å². The Labute approximate surface area is 156 Å². The number of allylic oxidation sites excluding steroid dienone is 2. The first-order valence-corrected chi connectivity index (χ1v) is 10.2. The summed E-state index contributed by atoms with van der Waals surface area (Å²) in [6, 6.07) is 6.71. The number of halogens is 1. The Hall–Kier alpha value is -0.870. The molecule has 3 aliphatic rings. The number of alkyl halides is 1. The third-order valence-corrected chi connectivity index (χ3v) is 7.57. The molecule has 2 nitrogen and oxygen atoms in total. The molecule has 0 aromatic heterocycles. The van der Waals surface area contributed by atoms with Crippen molar-refractivity contribution in [1.82, 2.24) is 0 Å². The van der Waals surface area contributed by atoms with Crippen LogP contribution in [0.3, 0.4) is 0 Å². The highest BCUT2D eigenvalue weighted by molar-refractivity contribution is 9.10. The minimum atomic E-state index is -0.158. The molecular weight excluding hydrogens is 384 g/mol. The monoisotopic (exact) mass is 406 g/mol. The highest BCUT2D eigenvalue weighted by atomic mass is 79.9. The maximum atomic E-state index is 6.17. The van der Waals surface area contributed by atoms with Crippen molar-refractivity contribution in [2.75, 3.05) is 12.4 Å². The van der Waals surface area contributed by atoms with E-state index in [1.807, 2.05) is 18.7 Å². The van der Waals surface area contributed by atoms with E-state index in [0.717, 1.165) is 28.8 Å². The van der Waals surface area contributed by atoms with Crippen molar-refractivity contribution in [1.29, 1.82) is 0 Å². The first kappa shape index (κ1) is 16.6. The second-order valence-electron chi connectivity index (χ2n) is 7.90. The van der Waals surface area contributed by atoms with Gasteiger partial charge in [-0.1, -0.05) is 60.6 Å². The number of hydrogen-bond acceptors (Lipinski definition) is 3. The van der Waals surface area contributed by atoms with Crippen LogP contribution in [0.5, 0.6) is 5.75 Å². The van der Waals surface area contributed by atoms with Crippen LogP contribution >= 0.6 is 27.7 Å². The topological polar surface area (TPSA) is 18.5 Å². The van der Waals surface area contributed by atoms with Crippen LogP contribution in [0, 0.1) is 0 Å². The van der Waals surface area contributed by atoms with Crippen molar-refractivity contribution in [3.05, 3.63) is 51.8 Å². The van der Waals surface area contributed by atoms with Crippen LogP contribution in [0.1, 0.15) is 51.2 Å². The fraction of sp³-hybridized carbons (Fsp3) is 0.500. The molecule has 4 heteroatoms. The summed E-state index contributed by atoms with van der Waals surface area (Å²) in [5.74, 6) is 3.46. The van der Waals surface area contributed by atoms with Gasteiger partial charge in [-0.25, -0.2) is 0 Å². The summed E-state index contributed by atoms with van der Waals surface area (Å²) in [4.78, 5) is 0. The van der Waals surface area contributed by atoms with Gasteiger partial charge in [-0.2, -0.15) is 0 Å². The average Bonchev–Trinajstić information content (AvgIpc) is 2.52.